The van der Waals surface area contributed by atoms with E-state index >= 15 is 0 Å². The number of hydrogen-bond acceptors (Lipinski definition) is 5. The smallest absolute Gasteiger partial charge is 0.358 e. The minimum absolute atomic E-state index is 0.0363. The SMILES string of the molecule is CC(C)N(Cc1ccccc1)C(=O)COC(=O)c1csc(-c2ccc(F)cc2)n1. The van der Waals surface area contributed by atoms with Crippen molar-refractivity contribution in [1.29, 1.82) is 0 Å². The van der Waals surface area contributed by atoms with Gasteiger partial charge in [0, 0.05) is 23.5 Å². The van der Waals surface area contributed by atoms with Crippen molar-refractivity contribution in [1.82, 2.24) is 9.88 Å². The summed E-state index contributed by atoms with van der Waals surface area (Å²) in [5.41, 5.74) is 1.84. The Labute approximate surface area is 172 Å². The van der Waals surface area contributed by atoms with Crippen LogP contribution in [-0.4, -0.2) is 34.4 Å². The molecule has 7 heteroatoms. The van der Waals surface area contributed by atoms with Gasteiger partial charge in [0.1, 0.15) is 10.8 Å². The summed E-state index contributed by atoms with van der Waals surface area (Å²) in [5, 5.41) is 2.14. The molecule has 0 aliphatic rings. The van der Waals surface area contributed by atoms with Crippen LogP contribution in [0.15, 0.2) is 60.0 Å². The van der Waals surface area contributed by atoms with Crippen LogP contribution in [-0.2, 0) is 16.1 Å². The monoisotopic (exact) mass is 412 g/mol. The number of rotatable bonds is 7. The van der Waals surface area contributed by atoms with E-state index in [1.54, 1.807) is 22.4 Å². The third kappa shape index (κ3) is 5.48. The van der Waals surface area contributed by atoms with E-state index in [1.807, 2.05) is 44.2 Å². The zero-order valence-electron chi connectivity index (χ0n) is 16.2. The first kappa shape index (κ1) is 20.7. The molecule has 0 saturated carbocycles. The average molecular weight is 412 g/mol. The molecule has 2 aromatic carbocycles. The van der Waals surface area contributed by atoms with E-state index in [0.717, 1.165) is 5.56 Å². The van der Waals surface area contributed by atoms with E-state index in [2.05, 4.69) is 4.98 Å². The molecule has 3 aromatic rings. The van der Waals surface area contributed by atoms with Crippen molar-refractivity contribution in [3.05, 3.63) is 77.1 Å². The number of hydrogen-bond donors (Lipinski definition) is 0. The molecule has 0 saturated heterocycles. The van der Waals surface area contributed by atoms with Crippen LogP contribution in [0.4, 0.5) is 4.39 Å². The van der Waals surface area contributed by atoms with Crippen molar-refractivity contribution < 1.29 is 18.7 Å². The predicted molar refractivity (Wildman–Crippen MR) is 110 cm³/mol. The fourth-order valence-electron chi connectivity index (χ4n) is 2.72. The maximum Gasteiger partial charge on any atom is 0.358 e. The van der Waals surface area contributed by atoms with Gasteiger partial charge in [0.05, 0.1) is 0 Å². The number of carbonyl (C=O) groups is 2. The summed E-state index contributed by atoms with van der Waals surface area (Å²) in [6.45, 7) is 3.92. The van der Waals surface area contributed by atoms with E-state index in [0.29, 0.717) is 17.1 Å². The number of amides is 1. The van der Waals surface area contributed by atoms with E-state index in [9.17, 15) is 14.0 Å². The molecule has 0 unspecified atom stereocenters. The van der Waals surface area contributed by atoms with Gasteiger partial charge in [-0.25, -0.2) is 14.2 Å². The Balaban J connectivity index is 1.60. The number of esters is 1. The Bertz CT molecular complexity index is 971. The topological polar surface area (TPSA) is 59.5 Å². The predicted octanol–water partition coefficient (Wildman–Crippen LogP) is 4.54. The molecule has 150 valence electrons. The number of carbonyl (C=O) groups excluding carboxylic acids is 2. The van der Waals surface area contributed by atoms with Gasteiger partial charge in [0.2, 0.25) is 0 Å². The second kappa shape index (κ2) is 9.43. The standard InChI is InChI=1S/C22H21FN2O3S/c1-15(2)25(12-16-6-4-3-5-7-16)20(26)13-28-22(27)19-14-29-21(24-19)17-8-10-18(23)11-9-17/h3-11,14-15H,12-13H2,1-2H3. The molecule has 1 aromatic heterocycles. The first-order valence-corrected chi connectivity index (χ1v) is 10.0. The summed E-state index contributed by atoms with van der Waals surface area (Å²) >= 11 is 1.25. The van der Waals surface area contributed by atoms with Crippen molar-refractivity contribution in [2.75, 3.05) is 6.61 Å². The first-order chi connectivity index (χ1) is 13.9. The molecular formula is C22H21FN2O3S. The van der Waals surface area contributed by atoms with Crippen LogP contribution in [0.3, 0.4) is 0 Å². The number of ether oxygens (including phenoxy) is 1. The summed E-state index contributed by atoms with van der Waals surface area (Å²) in [6.07, 6.45) is 0. The maximum absolute atomic E-state index is 13.0. The quantitative estimate of drug-likeness (QED) is 0.535. The minimum Gasteiger partial charge on any atom is -0.451 e. The molecule has 0 spiro atoms. The minimum atomic E-state index is -0.661. The third-order valence-corrected chi connectivity index (χ3v) is 5.16. The lowest BCUT2D eigenvalue weighted by atomic mass is 10.2. The van der Waals surface area contributed by atoms with E-state index in [1.165, 1.54) is 23.5 Å². The average Bonchev–Trinajstić information content (AvgIpc) is 3.21. The van der Waals surface area contributed by atoms with Crippen LogP contribution in [0.25, 0.3) is 10.6 Å². The van der Waals surface area contributed by atoms with Crippen LogP contribution < -0.4 is 0 Å². The molecule has 29 heavy (non-hydrogen) atoms. The van der Waals surface area contributed by atoms with Crippen molar-refractivity contribution in [3.63, 3.8) is 0 Å². The molecule has 1 amide bonds. The zero-order chi connectivity index (χ0) is 20.8. The highest BCUT2D eigenvalue weighted by Gasteiger charge is 2.20. The van der Waals surface area contributed by atoms with Gasteiger partial charge in [-0.05, 0) is 43.7 Å². The fraction of sp³-hybridized carbons (Fsp3) is 0.227. The summed E-state index contributed by atoms with van der Waals surface area (Å²) in [7, 11) is 0. The van der Waals surface area contributed by atoms with Gasteiger partial charge in [0.15, 0.2) is 12.3 Å². The second-order valence-corrected chi connectivity index (χ2v) is 7.58. The van der Waals surface area contributed by atoms with Crippen LogP contribution in [0.2, 0.25) is 0 Å². The van der Waals surface area contributed by atoms with Gasteiger partial charge >= 0.3 is 5.97 Å². The molecule has 0 bridgehead atoms. The van der Waals surface area contributed by atoms with E-state index in [-0.39, 0.29) is 30.1 Å². The van der Waals surface area contributed by atoms with Crippen LogP contribution in [0, 0.1) is 5.82 Å². The number of aromatic nitrogens is 1. The van der Waals surface area contributed by atoms with Gasteiger partial charge in [-0.3, -0.25) is 4.79 Å². The molecule has 0 radical (unpaired) electrons. The third-order valence-electron chi connectivity index (χ3n) is 4.27. The Hall–Kier alpha value is -3.06. The first-order valence-electron chi connectivity index (χ1n) is 9.16. The highest BCUT2D eigenvalue weighted by Crippen LogP contribution is 2.24. The van der Waals surface area contributed by atoms with Crippen LogP contribution >= 0.6 is 11.3 Å². The van der Waals surface area contributed by atoms with Crippen LogP contribution in [0.5, 0.6) is 0 Å². The number of thiazole rings is 1. The van der Waals surface area contributed by atoms with E-state index in [4.69, 9.17) is 4.74 Å². The largest absolute Gasteiger partial charge is 0.451 e. The highest BCUT2D eigenvalue weighted by molar-refractivity contribution is 7.13. The van der Waals surface area contributed by atoms with Crippen molar-refractivity contribution in [2.24, 2.45) is 0 Å². The molecule has 5 nitrogen and oxygen atoms in total. The van der Waals surface area contributed by atoms with Gasteiger partial charge in [0.25, 0.3) is 5.91 Å². The zero-order valence-corrected chi connectivity index (χ0v) is 17.0. The molecule has 1 heterocycles. The Kier molecular flexibility index (Phi) is 6.72. The number of benzene rings is 2. The Morgan fingerprint density at radius 3 is 2.45 bits per heavy atom. The van der Waals surface area contributed by atoms with Crippen LogP contribution in [0.1, 0.15) is 29.9 Å². The van der Waals surface area contributed by atoms with Gasteiger partial charge in [-0.15, -0.1) is 11.3 Å². The number of halogens is 1. The normalized spacial score (nSPS) is 10.8. The molecular weight excluding hydrogens is 391 g/mol. The fourth-order valence-corrected chi connectivity index (χ4v) is 3.51. The van der Waals surface area contributed by atoms with Crippen molar-refractivity contribution in [2.45, 2.75) is 26.4 Å². The lowest BCUT2D eigenvalue weighted by Crippen LogP contribution is -2.39. The molecule has 0 aliphatic heterocycles. The lowest BCUT2D eigenvalue weighted by molar-refractivity contribution is -0.136. The summed E-state index contributed by atoms with van der Waals surface area (Å²) in [5.74, 6) is -1.27. The second-order valence-electron chi connectivity index (χ2n) is 6.72. The Morgan fingerprint density at radius 1 is 1.10 bits per heavy atom. The summed E-state index contributed by atoms with van der Waals surface area (Å²) in [6, 6.07) is 15.5. The molecule has 3 rings (SSSR count). The molecule has 0 N–H and O–H groups in total. The molecule has 0 aliphatic carbocycles. The van der Waals surface area contributed by atoms with Crippen molar-refractivity contribution >= 4 is 23.2 Å². The maximum atomic E-state index is 13.0. The lowest BCUT2D eigenvalue weighted by Gasteiger charge is -2.26. The van der Waals surface area contributed by atoms with Gasteiger partial charge in [-0.1, -0.05) is 30.3 Å². The number of nitrogens with zero attached hydrogens (tertiary/aromatic N) is 2. The summed E-state index contributed by atoms with van der Waals surface area (Å²) in [4.78, 5) is 30.8. The summed E-state index contributed by atoms with van der Waals surface area (Å²) < 4.78 is 18.2. The van der Waals surface area contributed by atoms with E-state index < -0.39 is 5.97 Å². The molecule has 0 fully saturated rings. The van der Waals surface area contributed by atoms with Gasteiger partial charge < -0.3 is 9.64 Å². The highest BCUT2D eigenvalue weighted by atomic mass is 32.1. The van der Waals surface area contributed by atoms with Crippen molar-refractivity contribution in [3.8, 4) is 10.6 Å². The van der Waals surface area contributed by atoms with Gasteiger partial charge in [-0.2, -0.15) is 0 Å². The Morgan fingerprint density at radius 2 is 1.79 bits per heavy atom. The molecule has 0 atom stereocenters.